The molecule has 0 spiro atoms. The van der Waals surface area contributed by atoms with Crippen molar-refractivity contribution in [2.45, 2.75) is 20.0 Å². The number of hydrogen-bond acceptors (Lipinski definition) is 1. The van der Waals surface area contributed by atoms with Gasteiger partial charge in [-0.05, 0) is 19.1 Å². The van der Waals surface area contributed by atoms with Crippen molar-refractivity contribution in [1.29, 1.82) is 0 Å². The summed E-state index contributed by atoms with van der Waals surface area (Å²) in [6, 6.07) is 16.7. The topological polar surface area (TPSA) is 25.8 Å². The van der Waals surface area contributed by atoms with Crippen LogP contribution in [0.5, 0.6) is 5.75 Å². The van der Waals surface area contributed by atoms with Gasteiger partial charge in [0, 0.05) is 11.1 Å². The zero-order valence-corrected chi connectivity index (χ0v) is 11.8. The van der Waals surface area contributed by atoms with E-state index in [1.807, 2.05) is 18.2 Å². The lowest BCUT2D eigenvalue weighted by atomic mass is 10.1. The molecule has 0 saturated heterocycles. The van der Waals surface area contributed by atoms with E-state index in [2.05, 4.69) is 48.5 Å². The first-order chi connectivity index (χ1) is 9.79. The van der Waals surface area contributed by atoms with Gasteiger partial charge in [-0.25, -0.2) is 0 Å². The first kappa shape index (κ1) is 14.2. The second-order valence-corrected chi connectivity index (χ2v) is 4.78. The molecule has 0 bridgehead atoms. The van der Waals surface area contributed by atoms with Gasteiger partial charge >= 0.3 is 0 Å². The normalized spacial score (nSPS) is 10.0. The average Bonchev–Trinajstić information content (AvgIpc) is 2.48. The summed E-state index contributed by atoms with van der Waals surface area (Å²) < 4.78 is 5.55. The molecule has 0 heterocycles. The summed E-state index contributed by atoms with van der Waals surface area (Å²) in [4.78, 5) is 0. The molecule has 20 heavy (non-hydrogen) atoms. The summed E-state index contributed by atoms with van der Waals surface area (Å²) >= 11 is 0. The van der Waals surface area contributed by atoms with Crippen molar-refractivity contribution in [3.8, 4) is 18.1 Å². The number of ether oxygens (including phenoxy) is 1. The van der Waals surface area contributed by atoms with Crippen LogP contribution >= 0.6 is 0 Å². The number of benzene rings is 2. The fourth-order valence-electron chi connectivity index (χ4n) is 2.05. The molecule has 0 aliphatic heterocycles. The molecule has 0 aliphatic rings. The van der Waals surface area contributed by atoms with Crippen molar-refractivity contribution < 1.29 is 10.1 Å². The lowest BCUT2D eigenvalue weighted by Gasteiger charge is -2.08. The molecule has 0 aromatic heterocycles. The van der Waals surface area contributed by atoms with Crippen LogP contribution in [0.2, 0.25) is 0 Å². The number of aryl methyl sites for hydroxylation is 1. The zero-order valence-electron chi connectivity index (χ0n) is 11.8. The van der Waals surface area contributed by atoms with E-state index in [1.165, 1.54) is 16.7 Å². The molecule has 2 rings (SSSR count). The van der Waals surface area contributed by atoms with Crippen LogP contribution in [0.3, 0.4) is 0 Å². The second-order valence-electron chi connectivity index (χ2n) is 4.78. The molecule has 0 unspecified atom stereocenters. The highest BCUT2D eigenvalue weighted by Gasteiger charge is 2.04. The van der Waals surface area contributed by atoms with Gasteiger partial charge in [0.15, 0.2) is 0 Å². The van der Waals surface area contributed by atoms with Crippen LogP contribution in [0.4, 0.5) is 0 Å². The molecular formula is C18H20NO+. The van der Waals surface area contributed by atoms with Crippen molar-refractivity contribution in [3.63, 3.8) is 0 Å². The Morgan fingerprint density at radius 3 is 2.55 bits per heavy atom. The minimum absolute atomic E-state index is 0.314. The monoisotopic (exact) mass is 266 g/mol. The molecule has 0 aliphatic carbocycles. The Morgan fingerprint density at radius 1 is 1.05 bits per heavy atom. The molecule has 0 radical (unpaired) electrons. The van der Waals surface area contributed by atoms with E-state index in [-0.39, 0.29) is 0 Å². The van der Waals surface area contributed by atoms with Crippen LogP contribution in [0, 0.1) is 19.3 Å². The van der Waals surface area contributed by atoms with E-state index in [4.69, 9.17) is 11.2 Å². The van der Waals surface area contributed by atoms with Gasteiger partial charge in [0.1, 0.15) is 25.4 Å². The molecule has 2 N–H and O–H groups in total. The van der Waals surface area contributed by atoms with Gasteiger partial charge in [-0.1, -0.05) is 47.9 Å². The molecule has 0 fully saturated rings. The van der Waals surface area contributed by atoms with E-state index >= 15 is 0 Å². The van der Waals surface area contributed by atoms with Crippen LogP contribution in [0.25, 0.3) is 0 Å². The van der Waals surface area contributed by atoms with Crippen LogP contribution in [0.1, 0.15) is 16.7 Å². The van der Waals surface area contributed by atoms with Crippen molar-refractivity contribution in [1.82, 2.24) is 0 Å². The number of para-hydroxylation sites is 1. The van der Waals surface area contributed by atoms with Gasteiger partial charge < -0.3 is 10.1 Å². The molecule has 0 atom stereocenters. The van der Waals surface area contributed by atoms with Crippen LogP contribution < -0.4 is 10.1 Å². The molecule has 2 aromatic carbocycles. The second kappa shape index (κ2) is 7.37. The third-order valence-corrected chi connectivity index (χ3v) is 3.15. The molecule has 2 heteroatoms. The highest BCUT2D eigenvalue weighted by Crippen LogP contribution is 2.16. The Bertz CT molecular complexity index is 581. The van der Waals surface area contributed by atoms with Gasteiger partial charge in [0.2, 0.25) is 0 Å². The number of hydrogen-bond donors (Lipinski definition) is 1. The largest absolute Gasteiger partial charge is 0.480 e. The van der Waals surface area contributed by atoms with Crippen LogP contribution in [-0.4, -0.2) is 6.61 Å². The fourth-order valence-corrected chi connectivity index (χ4v) is 2.05. The Hall–Kier alpha value is -2.24. The smallest absolute Gasteiger partial charge is 0.148 e. The van der Waals surface area contributed by atoms with Crippen molar-refractivity contribution in [3.05, 3.63) is 65.2 Å². The van der Waals surface area contributed by atoms with E-state index in [9.17, 15) is 0 Å². The third-order valence-electron chi connectivity index (χ3n) is 3.15. The first-order valence-corrected chi connectivity index (χ1v) is 6.81. The standard InChI is InChI=1S/C18H19NO/c1-3-12-20-18-7-5-4-6-17(18)14-19-13-16-10-8-15(2)9-11-16/h1,4-11,19H,12-14H2,2H3/p+1. The summed E-state index contributed by atoms with van der Waals surface area (Å²) in [6.45, 7) is 4.26. The summed E-state index contributed by atoms with van der Waals surface area (Å²) in [5.74, 6) is 3.38. The van der Waals surface area contributed by atoms with Crippen LogP contribution in [0.15, 0.2) is 48.5 Å². The number of nitrogens with two attached hydrogens (primary N) is 1. The first-order valence-electron chi connectivity index (χ1n) is 6.81. The Kier molecular flexibility index (Phi) is 5.23. The highest BCUT2D eigenvalue weighted by molar-refractivity contribution is 5.32. The number of rotatable bonds is 6. The predicted octanol–water partition coefficient (Wildman–Crippen LogP) is 2.27. The number of terminal acetylenes is 1. The van der Waals surface area contributed by atoms with E-state index < -0.39 is 0 Å². The summed E-state index contributed by atoms with van der Waals surface area (Å²) in [5, 5.41) is 2.27. The molecule has 0 amide bonds. The maximum Gasteiger partial charge on any atom is 0.148 e. The van der Waals surface area contributed by atoms with Crippen molar-refractivity contribution >= 4 is 0 Å². The number of quaternary nitrogens is 1. The van der Waals surface area contributed by atoms with Crippen molar-refractivity contribution in [2.75, 3.05) is 6.61 Å². The fraction of sp³-hybridized carbons (Fsp3) is 0.222. The highest BCUT2D eigenvalue weighted by atomic mass is 16.5. The van der Waals surface area contributed by atoms with Crippen LogP contribution in [-0.2, 0) is 13.1 Å². The summed E-state index contributed by atoms with van der Waals surface area (Å²) in [5.41, 5.74) is 3.80. The lowest BCUT2D eigenvalue weighted by molar-refractivity contribution is -0.686. The van der Waals surface area contributed by atoms with Gasteiger partial charge in [-0.3, -0.25) is 0 Å². The Balaban J connectivity index is 1.90. The molecule has 2 aromatic rings. The van der Waals surface area contributed by atoms with E-state index in [0.29, 0.717) is 6.61 Å². The minimum Gasteiger partial charge on any atom is -0.480 e. The lowest BCUT2D eigenvalue weighted by Crippen LogP contribution is -2.80. The van der Waals surface area contributed by atoms with E-state index in [1.54, 1.807) is 0 Å². The Labute approximate surface area is 120 Å². The quantitative estimate of drug-likeness (QED) is 0.797. The van der Waals surface area contributed by atoms with Crippen molar-refractivity contribution in [2.24, 2.45) is 0 Å². The summed E-state index contributed by atoms with van der Waals surface area (Å²) in [7, 11) is 0. The summed E-state index contributed by atoms with van der Waals surface area (Å²) in [6.07, 6.45) is 5.23. The third kappa shape index (κ3) is 4.15. The molecule has 2 nitrogen and oxygen atoms in total. The molecule has 0 saturated carbocycles. The average molecular weight is 266 g/mol. The maximum atomic E-state index is 5.55. The molecule has 102 valence electrons. The predicted molar refractivity (Wildman–Crippen MR) is 81.3 cm³/mol. The zero-order chi connectivity index (χ0) is 14.2. The molecular weight excluding hydrogens is 246 g/mol. The van der Waals surface area contributed by atoms with Gasteiger partial charge in [-0.2, -0.15) is 0 Å². The van der Waals surface area contributed by atoms with Gasteiger partial charge in [0.05, 0.1) is 0 Å². The van der Waals surface area contributed by atoms with Gasteiger partial charge in [-0.15, -0.1) is 6.42 Å². The van der Waals surface area contributed by atoms with Gasteiger partial charge in [0.25, 0.3) is 0 Å². The SMILES string of the molecule is C#CCOc1ccccc1C[NH2+]Cc1ccc(C)cc1. The maximum absolute atomic E-state index is 5.55. The van der Waals surface area contributed by atoms with E-state index in [0.717, 1.165) is 18.8 Å². The Morgan fingerprint density at radius 2 is 1.80 bits per heavy atom. The minimum atomic E-state index is 0.314.